The van der Waals surface area contributed by atoms with Gasteiger partial charge in [0.15, 0.2) is 11.9 Å². The number of nitrogens with one attached hydrogen (secondary N) is 1. The third kappa shape index (κ3) is 4.58. The van der Waals surface area contributed by atoms with Gasteiger partial charge in [0.2, 0.25) is 0 Å². The summed E-state index contributed by atoms with van der Waals surface area (Å²) < 4.78 is 5.71. The first-order chi connectivity index (χ1) is 13.5. The summed E-state index contributed by atoms with van der Waals surface area (Å²) in [5.74, 6) is 0.140. The molecule has 1 atom stereocenters. The van der Waals surface area contributed by atoms with Crippen LogP contribution in [0.3, 0.4) is 0 Å². The standard InChI is InChI=1S/C23H24N2O3/c1-17(22(27)25-23(16-24)14-6-3-7-15-23)28-20-12-10-19(11-13-20)21(26)18-8-4-2-5-9-18/h2,4-5,8-13,17H,3,6-7,14-15H2,1H3,(H,25,27)/t17-/m1/s1. The molecule has 2 aromatic rings. The first kappa shape index (κ1) is 19.6. The van der Waals surface area contributed by atoms with Crippen molar-refractivity contribution in [3.05, 3.63) is 65.7 Å². The molecule has 0 unspecified atom stereocenters. The maximum Gasteiger partial charge on any atom is 0.262 e. The Balaban J connectivity index is 1.61. The third-order valence-corrected chi connectivity index (χ3v) is 5.12. The normalized spacial score (nSPS) is 16.4. The van der Waals surface area contributed by atoms with E-state index in [0.717, 1.165) is 19.3 Å². The summed E-state index contributed by atoms with van der Waals surface area (Å²) in [6, 6.07) is 18.1. The number of carbonyl (C=O) groups is 2. The molecule has 0 spiro atoms. The Hall–Kier alpha value is -3.13. The number of benzene rings is 2. The van der Waals surface area contributed by atoms with E-state index in [9.17, 15) is 14.9 Å². The van der Waals surface area contributed by atoms with Crippen molar-refractivity contribution in [2.24, 2.45) is 0 Å². The fourth-order valence-electron chi connectivity index (χ4n) is 3.46. The van der Waals surface area contributed by atoms with Crippen LogP contribution < -0.4 is 10.1 Å². The Morgan fingerprint density at radius 1 is 1.00 bits per heavy atom. The van der Waals surface area contributed by atoms with E-state index in [4.69, 9.17) is 4.74 Å². The van der Waals surface area contributed by atoms with Crippen molar-refractivity contribution in [1.29, 1.82) is 5.26 Å². The number of carbonyl (C=O) groups excluding carboxylic acids is 2. The van der Waals surface area contributed by atoms with E-state index < -0.39 is 11.6 Å². The molecule has 1 aliphatic rings. The van der Waals surface area contributed by atoms with Gasteiger partial charge in [-0.2, -0.15) is 5.26 Å². The monoisotopic (exact) mass is 376 g/mol. The average Bonchev–Trinajstić information content (AvgIpc) is 2.75. The minimum absolute atomic E-state index is 0.0637. The Kier molecular flexibility index (Phi) is 6.10. The lowest BCUT2D eigenvalue weighted by atomic mass is 9.83. The second-order valence-corrected chi connectivity index (χ2v) is 7.22. The molecule has 5 heteroatoms. The minimum Gasteiger partial charge on any atom is -0.481 e. The van der Waals surface area contributed by atoms with E-state index in [-0.39, 0.29) is 11.7 Å². The summed E-state index contributed by atoms with van der Waals surface area (Å²) in [5, 5.41) is 12.4. The van der Waals surface area contributed by atoms with Gasteiger partial charge in [-0.1, -0.05) is 49.6 Å². The van der Waals surface area contributed by atoms with Gasteiger partial charge in [-0.3, -0.25) is 9.59 Å². The summed E-state index contributed by atoms with van der Waals surface area (Å²) in [7, 11) is 0. The second-order valence-electron chi connectivity index (χ2n) is 7.22. The first-order valence-electron chi connectivity index (χ1n) is 9.63. The third-order valence-electron chi connectivity index (χ3n) is 5.12. The summed E-state index contributed by atoms with van der Waals surface area (Å²) in [6.07, 6.45) is 3.61. The Morgan fingerprint density at radius 3 is 2.21 bits per heavy atom. The summed E-state index contributed by atoms with van der Waals surface area (Å²) >= 11 is 0. The minimum atomic E-state index is -0.779. The van der Waals surface area contributed by atoms with E-state index in [1.54, 1.807) is 43.3 Å². The molecule has 1 aliphatic carbocycles. The fourth-order valence-corrected chi connectivity index (χ4v) is 3.46. The average molecular weight is 376 g/mol. The molecule has 1 N–H and O–H groups in total. The van der Waals surface area contributed by atoms with Crippen molar-refractivity contribution in [3.8, 4) is 11.8 Å². The van der Waals surface area contributed by atoms with Gasteiger partial charge in [0, 0.05) is 11.1 Å². The van der Waals surface area contributed by atoms with Crippen molar-refractivity contribution < 1.29 is 14.3 Å². The molecule has 1 amide bonds. The summed E-state index contributed by atoms with van der Waals surface area (Å²) in [4.78, 5) is 24.9. The van der Waals surface area contributed by atoms with Gasteiger partial charge in [0.1, 0.15) is 11.3 Å². The number of nitrogens with zero attached hydrogens (tertiary/aromatic N) is 1. The quantitative estimate of drug-likeness (QED) is 0.772. The highest BCUT2D eigenvalue weighted by Crippen LogP contribution is 2.27. The van der Waals surface area contributed by atoms with E-state index in [0.29, 0.717) is 29.7 Å². The molecular formula is C23H24N2O3. The highest BCUT2D eigenvalue weighted by Gasteiger charge is 2.35. The predicted octanol–water partition coefficient (Wildman–Crippen LogP) is 4.03. The highest BCUT2D eigenvalue weighted by molar-refractivity contribution is 6.08. The zero-order valence-corrected chi connectivity index (χ0v) is 16.0. The molecule has 0 aromatic heterocycles. The fraction of sp³-hybridized carbons (Fsp3) is 0.348. The van der Waals surface area contributed by atoms with Crippen LogP contribution in [0.2, 0.25) is 0 Å². The maximum atomic E-state index is 12.5. The molecular weight excluding hydrogens is 352 g/mol. The van der Waals surface area contributed by atoms with Crippen molar-refractivity contribution in [2.45, 2.75) is 50.7 Å². The lowest BCUT2D eigenvalue weighted by molar-refractivity contribution is -0.129. The molecule has 0 radical (unpaired) electrons. The molecule has 28 heavy (non-hydrogen) atoms. The number of nitriles is 1. The number of ketones is 1. The first-order valence-corrected chi connectivity index (χ1v) is 9.63. The number of hydrogen-bond acceptors (Lipinski definition) is 4. The van der Waals surface area contributed by atoms with Crippen LogP contribution in [0.15, 0.2) is 54.6 Å². The molecule has 5 nitrogen and oxygen atoms in total. The zero-order chi connectivity index (χ0) is 20.0. The predicted molar refractivity (Wildman–Crippen MR) is 106 cm³/mol. The van der Waals surface area contributed by atoms with E-state index >= 15 is 0 Å². The van der Waals surface area contributed by atoms with Crippen molar-refractivity contribution in [2.75, 3.05) is 0 Å². The van der Waals surface area contributed by atoms with Crippen LogP contribution >= 0.6 is 0 Å². The van der Waals surface area contributed by atoms with E-state index in [1.807, 2.05) is 18.2 Å². The van der Waals surface area contributed by atoms with Crippen molar-refractivity contribution >= 4 is 11.7 Å². The summed E-state index contributed by atoms with van der Waals surface area (Å²) in [5.41, 5.74) is 0.401. The summed E-state index contributed by atoms with van der Waals surface area (Å²) in [6.45, 7) is 1.66. The number of ether oxygens (including phenoxy) is 1. The molecule has 0 heterocycles. The van der Waals surface area contributed by atoms with Crippen LogP contribution in [0.4, 0.5) is 0 Å². The van der Waals surface area contributed by atoms with Crippen molar-refractivity contribution in [1.82, 2.24) is 5.32 Å². The topological polar surface area (TPSA) is 79.2 Å². The van der Waals surface area contributed by atoms with Gasteiger partial charge >= 0.3 is 0 Å². The van der Waals surface area contributed by atoms with Crippen LogP contribution in [0, 0.1) is 11.3 Å². The Morgan fingerprint density at radius 2 is 1.61 bits per heavy atom. The lowest BCUT2D eigenvalue weighted by Gasteiger charge is -2.32. The van der Waals surface area contributed by atoms with E-state index in [2.05, 4.69) is 11.4 Å². The lowest BCUT2D eigenvalue weighted by Crippen LogP contribution is -2.52. The van der Waals surface area contributed by atoms with Gasteiger partial charge in [-0.25, -0.2) is 0 Å². The van der Waals surface area contributed by atoms with E-state index in [1.165, 1.54) is 0 Å². The smallest absolute Gasteiger partial charge is 0.262 e. The van der Waals surface area contributed by atoms with Crippen molar-refractivity contribution in [3.63, 3.8) is 0 Å². The van der Waals surface area contributed by atoms with Crippen LogP contribution in [0.25, 0.3) is 0 Å². The molecule has 1 saturated carbocycles. The maximum absolute atomic E-state index is 12.5. The molecule has 2 aromatic carbocycles. The van der Waals surface area contributed by atoms with Crippen LogP contribution in [0.5, 0.6) is 5.75 Å². The molecule has 1 fully saturated rings. The zero-order valence-electron chi connectivity index (χ0n) is 16.0. The molecule has 3 rings (SSSR count). The molecule has 0 bridgehead atoms. The van der Waals surface area contributed by atoms with Crippen LogP contribution in [0.1, 0.15) is 54.9 Å². The largest absolute Gasteiger partial charge is 0.481 e. The van der Waals surface area contributed by atoms with Gasteiger partial charge in [-0.15, -0.1) is 0 Å². The van der Waals surface area contributed by atoms with Crippen LogP contribution in [-0.4, -0.2) is 23.3 Å². The molecule has 144 valence electrons. The number of hydrogen-bond donors (Lipinski definition) is 1. The number of amides is 1. The molecule has 0 saturated heterocycles. The van der Waals surface area contributed by atoms with Gasteiger partial charge in [0.25, 0.3) is 5.91 Å². The second kappa shape index (κ2) is 8.71. The molecule has 0 aliphatic heterocycles. The highest BCUT2D eigenvalue weighted by atomic mass is 16.5. The SMILES string of the molecule is C[C@@H](Oc1ccc(C(=O)c2ccccc2)cc1)C(=O)NC1(C#N)CCCCC1. The number of rotatable bonds is 6. The van der Waals surface area contributed by atoms with Crippen LogP contribution in [-0.2, 0) is 4.79 Å². The van der Waals surface area contributed by atoms with Gasteiger partial charge in [0.05, 0.1) is 6.07 Å². The Labute approximate surface area is 165 Å². The van der Waals surface area contributed by atoms with Gasteiger partial charge in [-0.05, 0) is 44.0 Å². The van der Waals surface area contributed by atoms with Gasteiger partial charge < -0.3 is 10.1 Å². The Bertz CT molecular complexity index is 863.